The Labute approximate surface area is 321 Å². The minimum absolute atomic E-state index is 0.0918. The van der Waals surface area contributed by atoms with Gasteiger partial charge in [-0.15, -0.1) is 11.3 Å². The van der Waals surface area contributed by atoms with Crippen molar-refractivity contribution in [1.82, 2.24) is 20.5 Å². The first-order valence-corrected chi connectivity index (χ1v) is 18.9. The molecule has 3 aromatic carbocycles. The second-order valence-electron chi connectivity index (χ2n) is 13.0. The van der Waals surface area contributed by atoms with Crippen LogP contribution in [0.5, 0.6) is 5.75 Å². The van der Waals surface area contributed by atoms with E-state index in [9.17, 15) is 24.0 Å². The Kier molecular flexibility index (Phi) is 13.5. The number of rotatable bonds is 19. The topological polar surface area (TPSA) is 203 Å². The molecule has 16 heteroatoms. The van der Waals surface area contributed by atoms with Crippen molar-refractivity contribution in [2.45, 2.75) is 37.9 Å². The lowest BCUT2D eigenvalue weighted by Crippen LogP contribution is -2.43. The van der Waals surface area contributed by atoms with Crippen LogP contribution >= 0.6 is 11.3 Å². The van der Waals surface area contributed by atoms with Crippen LogP contribution in [0.3, 0.4) is 0 Å². The Morgan fingerprint density at radius 3 is 2.38 bits per heavy atom. The van der Waals surface area contributed by atoms with Crippen LogP contribution in [0.2, 0.25) is 0 Å². The Hall–Kier alpha value is -5.68. The highest BCUT2D eigenvalue weighted by atomic mass is 32.1. The maximum atomic E-state index is 13.5. The predicted molar refractivity (Wildman–Crippen MR) is 205 cm³/mol. The molecule has 6 rings (SSSR count). The number of carbonyl (C=O) groups excluding carboxylic acids is 5. The van der Waals surface area contributed by atoms with Gasteiger partial charge in [-0.2, -0.15) is 0 Å². The molecule has 1 aliphatic carbocycles. The van der Waals surface area contributed by atoms with E-state index in [1.807, 2.05) is 22.4 Å². The smallest absolute Gasteiger partial charge is 0.262 e. The molecule has 2 heterocycles. The van der Waals surface area contributed by atoms with Gasteiger partial charge in [0, 0.05) is 59.9 Å². The average Bonchev–Trinajstić information content (AvgIpc) is 3.91. The summed E-state index contributed by atoms with van der Waals surface area (Å²) >= 11 is 1.46. The normalized spacial score (nSPS) is 13.8. The molecule has 0 saturated heterocycles. The number of fused-ring (bicyclic) bond motifs is 1. The second-order valence-corrected chi connectivity index (χ2v) is 13.7. The zero-order valence-electron chi connectivity index (χ0n) is 30.1. The number of nitrogens with two attached hydrogens (primary N) is 1. The number of anilines is 2. The molecule has 288 valence electrons. The number of hydrogen-bond donors (Lipinski definition) is 5. The van der Waals surface area contributed by atoms with E-state index in [4.69, 9.17) is 19.9 Å². The first kappa shape index (κ1) is 39.0. The van der Waals surface area contributed by atoms with Gasteiger partial charge >= 0.3 is 0 Å². The van der Waals surface area contributed by atoms with Crippen molar-refractivity contribution < 1.29 is 38.2 Å². The molecular formula is C39H43N7O8S. The summed E-state index contributed by atoms with van der Waals surface area (Å²) in [6, 6.07) is 18.2. The minimum atomic E-state index is -0.667. The van der Waals surface area contributed by atoms with E-state index in [1.165, 1.54) is 11.3 Å². The van der Waals surface area contributed by atoms with E-state index >= 15 is 0 Å². The second kappa shape index (κ2) is 19.1. The molecule has 1 fully saturated rings. The van der Waals surface area contributed by atoms with Crippen LogP contribution in [0.1, 0.15) is 55.2 Å². The highest BCUT2D eigenvalue weighted by molar-refractivity contribution is 7.07. The van der Waals surface area contributed by atoms with E-state index in [2.05, 4.69) is 26.3 Å². The Bertz CT molecular complexity index is 1970. The van der Waals surface area contributed by atoms with Gasteiger partial charge < -0.3 is 46.1 Å². The molecule has 55 heavy (non-hydrogen) atoms. The number of thiazole rings is 1. The molecule has 1 saturated carbocycles. The molecule has 6 N–H and O–H groups in total. The summed E-state index contributed by atoms with van der Waals surface area (Å²) in [6.07, 6.45) is 2.22. The molecular weight excluding hydrogens is 727 g/mol. The Morgan fingerprint density at radius 2 is 1.65 bits per heavy atom. The molecule has 0 spiro atoms. The van der Waals surface area contributed by atoms with Gasteiger partial charge in [0.1, 0.15) is 5.75 Å². The van der Waals surface area contributed by atoms with E-state index in [0.29, 0.717) is 73.1 Å². The van der Waals surface area contributed by atoms with Crippen molar-refractivity contribution in [2.75, 3.05) is 56.8 Å². The molecule has 4 aromatic rings. The number of amides is 5. The SMILES string of the molecule is N[C@@H](Cc1cscn1)C(=O)NCCOCCOCCNC(=O)c1cccc(NC(=O)c2ccc(CN(C(=O)c3ccc4c(c3)OCC(=O)N4)C3CC3)cc2)c1. The Balaban J connectivity index is 0.878. The number of hydrogen-bond acceptors (Lipinski definition) is 11. The van der Waals surface area contributed by atoms with Gasteiger partial charge in [0.05, 0.1) is 49.4 Å². The highest BCUT2D eigenvalue weighted by Crippen LogP contribution is 2.33. The van der Waals surface area contributed by atoms with Gasteiger partial charge in [0.25, 0.3) is 23.6 Å². The maximum absolute atomic E-state index is 13.5. The first-order valence-electron chi connectivity index (χ1n) is 18.0. The number of nitrogens with one attached hydrogen (secondary N) is 4. The predicted octanol–water partition coefficient (Wildman–Crippen LogP) is 2.98. The first-order chi connectivity index (χ1) is 26.7. The van der Waals surface area contributed by atoms with Crippen molar-refractivity contribution in [1.29, 1.82) is 0 Å². The summed E-state index contributed by atoms with van der Waals surface area (Å²) in [5.74, 6) is -0.809. The summed E-state index contributed by atoms with van der Waals surface area (Å²) in [7, 11) is 0. The lowest BCUT2D eigenvalue weighted by Gasteiger charge is -2.24. The lowest BCUT2D eigenvalue weighted by atomic mass is 10.1. The molecule has 1 aromatic heterocycles. The number of benzene rings is 3. The fourth-order valence-corrected chi connectivity index (χ4v) is 6.29. The molecule has 15 nitrogen and oxygen atoms in total. The number of carbonyl (C=O) groups is 5. The number of ether oxygens (including phenoxy) is 3. The molecule has 0 bridgehead atoms. The molecule has 0 radical (unpaired) electrons. The summed E-state index contributed by atoms with van der Waals surface area (Å²) in [5, 5.41) is 13.0. The number of nitrogens with zero attached hydrogens (tertiary/aromatic N) is 2. The summed E-state index contributed by atoms with van der Waals surface area (Å²) in [6.45, 7) is 2.13. The maximum Gasteiger partial charge on any atom is 0.262 e. The quantitative estimate of drug-likeness (QED) is 0.0883. The fraction of sp³-hybridized carbons (Fsp3) is 0.333. The van der Waals surface area contributed by atoms with Crippen LogP contribution in [-0.4, -0.2) is 97.6 Å². The molecule has 0 unspecified atom stereocenters. The van der Waals surface area contributed by atoms with Gasteiger partial charge in [-0.3, -0.25) is 24.0 Å². The van der Waals surface area contributed by atoms with Gasteiger partial charge in [-0.05, 0) is 66.9 Å². The van der Waals surface area contributed by atoms with Crippen LogP contribution in [0.4, 0.5) is 11.4 Å². The van der Waals surface area contributed by atoms with Crippen molar-refractivity contribution in [3.05, 3.63) is 106 Å². The zero-order valence-corrected chi connectivity index (χ0v) is 30.9. The van der Waals surface area contributed by atoms with Crippen LogP contribution in [0, 0.1) is 0 Å². The van der Waals surface area contributed by atoms with Crippen molar-refractivity contribution >= 4 is 52.2 Å². The molecule has 1 atom stereocenters. The van der Waals surface area contributed by atoms with Crippen LogP contribution in [-0.2, 0) is 32.0 Å². The minimum Gasteiger partial charge on any atom is -0.482 e. The van der Waals surface area contributed by atoms with Crippen molar-refractivity contribution in [3.8, 4) is 5.75 Å². The summed E-state index contributed by atoms with van der Waals surface area (Å²) in [4.78, 5) is 69.0. The Morgan fingerprint density at radius 1 is 0.909 bits per heavy atom. The lowest BCUT2D eigenvalue weighted by molar-refractivity contribution is -0.122. The average molecular weight is 770 g/mol. The third-order valence-corrected chi connectivity index (χ3v) is 9.40. The standard InChI is InChI=1S/C39H43N7O8S/c40-32(20-30-23-55-24-43-30)38(50)42-13-15-53-17-16-52-14-12-41-36(48)27-2-1-3-29(18-27)44-37(49)26-6-4-25(5-7-26)21-46(31-9-10-31)39(51)28-8-11-33-34(19-28)54-22-35(47)45-33/h1-8,11,18-19,23-24,31-32H,9-10,12-17,20-22,40H2,(H,41,48)(H,42,50)(H,44,49)(H,45,47)/t32-/m0/s1. The van der Waals surface area contributed by atoms with Crippen molar-refractivity contribution in [3.63, 3.8) is 0 Å². The van der Waals surface area contributed by atoms with E-state index in [-0.39, 0.29) is 55.3 Å². The largest absolute Gasteiger partial charge is 0.482 e. The highest BCUT2D eigenvalue weighted by Gasteiger charge is 2.33. The third kappa shape index (κ3) is 11.4. The molecule has 2 aliphatic rings. The summed E-state index contributed by atoms with van der Waals surface area (Å²) < 4.78 is 16.5. The van der Waals surface area contributed by atoms with Gasteiger partial charge in [-0.1, -0.05) is 18.2 Å². The number of aromatic nitrogens is 1. The summed E-state index contributed by atoms with van der Waals surface area (Å²) in [5.41, 5.74) is 11.6. The van der Waals surface area contributed by atoms with Crippen LogP contribution in [0.25, 0.3) is 0 Å². The molecule has 1 aliphatic heterocycles. The third-order valence-electron chi connectivity index (χ3n) is 8.76. The van der Waals surface area contributed by atoms with E-state index in [0.717, 1.165) is 24.1 Å². The molecule has 5 amide bonds. The van der Waals surface area contributed by atoms with Gasteiger partial charge in [0.15, 0.2) is 6.61 Å². The van der Waals surface area contributed by atoms with Gasteiger partial charge in [0.2, 0.25) is 5.91 Å². The monoisotopic (exact) mass is 769 g/mol. The van der Waals surface area contributed by atoms with Crippen LogP contribution < -0.4 is 31.7 Å². The van der Waals surface area contributed by atoms with E-state index in [1.54, 1.807) is 60.1 Å². The van der Waals surface area contributed by atoms with Crippen LogP contribution in [0.15, 0.2) is 77.6 Å². The fourth-order valence-electron chi connectivity index (χ4n) is 5.72. The van der Waals surface area contributed by atoms with Crippen molar-refractivity contribution in [2.24, 2.45) is 5.73 Å². The zero-order chi connectivity index (χ0) is 38.6. The van der Waals surface area contributed by atoms with Gasteiger partial charge in [-0.25, -0.2) is 4.98 Å². The van der Waals surface area contributed by atoms with E-state index < -0.39 is 6.04 Å².